The maximum Gasteiger partial charge on any atom is 0.258 e. The summed E-state index contributed by atoms with van der Waals surface area (Å²) in [4.78, 5) is 44.3. The predicted octanol–water partition coefficient (Wildman–Crippen LogP) is 5.41. The molecule has 2 aliphatic rings. The van der Waals surface area contributed by atoms with Crippen LogP contribution in [0.4, 0.5) is 5.69 Å². The summed E-state index contributed by atoms with van der Waals surface area (Å²) in [6.07, 6.45) is 8.68. The maximum absolute atomic E-state index is 13.8. The Morgan fingerprint density at radius 3 is 2.49 bits per heavy atom. The monoisotopic (exact) mass is 681 g/mol. The van der Waals surface area contributed by atoms with Crippen LogP contribution in [0.15, 0.2) is 85.3 Å². The first-order valence-corrected chi connectivity index (χ1v) is 17.4. The minimum Gasteiger partial charge on any atom is -0.367 e. The molecule has 0 aliphatic carbocycles. The number of rotatable bonds is 10. The minimum absolute atomic E-state index is 0.0478. The van der Waals surface area contributed by atoms with Gasteiger partial charge in [-0.1, -0.05) is 51.0 Å². The van der Waals surface area contributed by atoms with Crippen molar-refractivity contribution in [1.29, 1.82) is 0 Å². The lowest BCUT2D eigenvalue weighted by Crippen LogP contribution is -2.48. The van der Waals surface area contributed by atoms with Crippen molar-refractivity contribution in [3.05, 3.63) is 96.6 Å². The summed E-state index contributed by atoms with van der Waals surface area (Å²) in [5.74, 6) is 0.517. The van der Waals surface area contributed by atoms with Crippen LogP contribution in [0.2, 0.25) is 6.82 Å². The maximum atomic E-state index is 13.8. The third-order valence-electron chi connectivity index (χ3n) is 10.4. The van der Waals surface area contributed by atoms with Crippen LogP contribution in [0.25, 0.3) is 39.1 Å². The van der Waals surface area contributed by atoms with Gasteiger partial charge < -0.3 is 15.0 Å². The lowest BCUT2D eigenvalue weighted by atomic mass is 9.54. The molecule has 1 atom stereocenters. The number of aromatic amines is 1. The first-order chi connectivity index (χ1) is 24.7. The Morgan fingerprint density at radius 1 is 0.980 bits per heavy atom. The smallest absolute Gasteiger partial charge is 0.258 e. The third-order valence-corrected chi connectivity index (χ3v) is 10.4. The van der Waals surface area contributed by atoms with Gasteiger partial charge in [-0.3, -0.25) is 24.6 Å². The molecule has 0 saturated carbocycles. The highest BCUT2D eigenvalue weighted by Gasteiger charge is 2.45. The Hall–Kier alpha value is -5.20. The number of likely N-dealkylation sites (tertiary alicyclic amines) is 1. The van der Waals surface area contributed by atoms with Crippen LogP contribution in [0.3, 0.4) is 0 Å². The second-order valence-electron chi connectivity index (χ2n) is 13.9. The normalized spacial score (nSPS) is 18.1. The zero-order valence-electron chi connectivity index (χ0n) is 29.5. The van der Waals surface area contributed by atoms with Crippen molar-refractivity contribution >= 4 is 41.3 Å². The second-order valence-corrected chi connectivity index (χ2v) is 13.9. The zero-order valence-corrected chi connectivity index (χ0v) is 29.5. The Morgan fingerprint density at radius 2 is 1.76 bits per heavy atom. The molecule has 2 aromatic carbocycles. The number of nitrogens with one attached hydrogen (secondary N) is 2. The van der Waals surface area contributed by atoms with E-state index in [1.165, 1.54) is 5.57 Å². The number of ether oxygens (including phenoxy) is 1. The van der Waals surface area contributed by atoms with Gasteiger partial charge in [0.05, 0.1) is 12.1 Å². The van der Waals surface area contributed by atoms with Gasteiger partial charge in [-0.25, -0.2) is 9.97 Å². The molecule has 5 aromatic rings. The van der Waals surface area contributed by atoms with E-state index in [9.17, 15) is 9.59 Å². The molecule has 1 radical (unpaired) electrons. The minimum atomic E-state index is -1.07. The van der Waals surface area contributed by atoms with Crippen molar-refractivity contribution in [3.63, 3.8) is 0 Å². The number of amides is 2. The van der Waals surface area contributed by atoms with E-state index in [1.807, 2.05) is 59.2 Å². The van der Waals surface area contributed by atoms with Gasteiger partial charge >= 0.3 is 0 Å². The van der Waals surface area contributed by atoms with Gasteiger partial charge in [0.25, 0.3) is 5.91 Å². The van der Waals surface area contributed by atoms with E-state index in [0.717, 1.165) is 45.4 Å². The lowest BCUT2D eigenvalue weighted by molar-refractivity contribution is -0.138. The predicted molar refractivity (Wildman–Crippen MR) is 200 cm³/mol. The van der Waals surface area contributed by atoms with Crippen LogP contribution in [0, 0.1) is 0 Å². The number of methoxy groups -OCH3 is 1. The number of carbonyl (C=O) groups excluding carboxylic acids is 2. The molecule has 12 heteroatoms. The number of fused-ring (bicyclic) bond motifs is 1. The van der Waals surface area contributed by atoms with Crippen LogP contribution in [0.5, 0.6) is 0 Å². The van der Waals surface area contributed by atoms with E-state index in [1.54, 1.807) is 25.6 Å². The van der Waals surface area contributed by atoms with Gasteiger partial charge in [-0.2, -0.15) is 5.10 Å². The molecule has 3 aromatic heterocycles. The highest BCUT2D eigenvalue weighted by Crippen LogP contribution is 2.33. The van der Waals surface area contributed by atoms with E-state index < -0.39 is 5.60 Å². The fraction of sp³-hybridized carbons (Fsp3) is 0.333. The number of anilines is 1. The van der Waals surface area contributed by atoms with Gasteiger partial charge in [0, 0.05) is 79.8 Å². The fourth-order valence-corrected chi connectivity index (χ4v) is 6.80. The molecular formula is C39H42BN8O3. The Balaban J connectivity index is 0.973. The van der Waals surface area contributed by atoms with Crippen LogP contribution < -0.4 is 5.32 Å². The molecule has 51 heavy (non-hydrogen) atoms. The number of nitrogens with zero attached hydrogens (tertiary/aromatic N) is 6. The van der Waals surface area contributed by atoms with Crippen molar-refractivity contribution in [1.82, 2.24) is 34.9 Å². The van der Waals surface area contributed by atoms with Crippen molar-refractivity contribution in [2.45, 2.75) is 44.4 Å². The van der Waals surface area contributed by atoms with E-state index in [4.69, 9.17) is 4.74 Å². The van der Waals surface area contributed by atoms with Crippen LogP contribution >= 0.6 is 0 Å². The number of aromatic nitrogens is 5. The Bertz CT molecular complexity index is 2080. The number of carbonyl (C=O) groups is 2. The third kappa shape index (κ3) is 7.06. The highest BCUT2D eigenvalue weighted by molar-refractivity contribution is 6.38. The van der Waals surface area contributed by atoms with Gasteiger partial charge in [0.1, 0.15) is 13.0 Å². The van der Waals surface area contributed by atoms with E-state index >= 15 is 0 Å². The Labute approximate surface area is 298 Å². The molecule has 259 valence electrons. The number of pyridine rings is 1. The van der Waals surface area contributed by atoms with E-state index in [0.29, 0.717) is 44.1 Å². The quantitative estimate of drug-likeness (QED) is 0.187. The largest absolute Gasteiger partial charge is 0.367 e. The van der Waals surface area contributed by atoms with Gasteiger partial charge in [-0.05, 0) is 65.7 Å². The summed E-state index contributed by atoms with van der Waals surface area (Å²) < 4.78 is 5.89. The summed E-state index contributed by atoms with van der Waals surface area (Å²) in [6.45, 7) is 8.64. The molecule has 7 rings (SSSR count). The van der Waals surface area contributed by atoms with E-state index in [2.05, 4.69) is 75.9 Å². The van der Waals surface area contributed by atoms with Crippen molar-refractivity contribution in [2.24, 2.45) is 0 Å². The average molecular weight is 682 g/mol. The molecule has 1 fully saturated rings. The van der Waals surface area contributed by atoms with Crippen molar-refractivity contribution in [2.75, 3.05) is 45.2 Å². The zero-order chi connectivity index (χ0) is 35.6. The summed E-state index contributed by atoms with van der Waals surface area (Å²) >= 11 is 0. The summed E-state index contributed by atoms with van der Waals surface area (Å²) in [5, 5.41) is 11.5. The first-order valence-electron chi connectivity index (χ1n) is 17.4. The topological polar surface area (TPSA) is 129 Å². The lowest BCUT2D eigenvalue weighted by Gasteiger charge is -2.30. The molecule has 1 saturated heterocycles. The van der Waals surface area contributed by atoms with Gasteiger partial charge in [0.2, 0.25) is 5.91 Å². The molecule has 0 bridgehead atoms. The molecule has 11 nitrogen and oxygen atoms in total. The Kier molecular flexibility index (Phi) is 9.54. The van der Waals surface area contributed by atoms with Crippen molar-refractivity contribution in [3.8, 4) is 22.6 Å². The average Bonchev–Trinajstić information content (AvgIpc) is 3.80. The molecule has 2 aliphatic heterocycles. The van der Waals surface area contributed by atoms with Crippen LogP contribution in [-0.4, -0.2) is 99.5 Å². The number of hydrogen-bond donors (Lipinski definition) is 2. The standard InChI is InChI=1S/C39H42BN8O3/c1-38(2,40-3)33-22-29(12-18-41-33)35-31-23-30(10-11-32(31)45-46-35)44-37(50)39(51-4)15-21-47(25-39)24-34(49)48-19-13-27(14-20-48)26-6-8-28(9-7-26)36-42-16-5-17-43-36/h5-13,16-18,22-23H,14-15,19-21,24-25H2,1-4H3,(H,44,50)(H,45,46)/t39-/m0/s1. The molecule has 2 N–H and O–H groups in total. The summed E-state index contributed by atoms with van der Waals surface area (Å²) in [6, 6.07) is 19.8. The van der Waals surface area contributed by atoms with Crippen molar-refractivity contribution < 1.29 is 14.3 Å². The molecule has 0 unspecified atom stereocenters. The number of H-pyrrole nitrogens is 1. The molecule has 5 heterocycles. The second kappa shape index (κ2) is 14.2. The first kappa shape index (κ1) is 34.3. The number of hydrogen-bond acceptors (Lipinski definition) is 8. The van der Waals surface area contributed by atoms with Crippen LogP contribution in [0.1, 0.15) is 37.9 Å². The van der Waals surface area contributed by atoms with Crippen LogP contribution in [-0.2, 0) is 19.6 Å². The van der Waals surface area contributed by atoms with E-state index in [-0.39, 0.29) is 23.7 Å². The molecular weight excluding hydrogens is 639 g/mol. The fourth-order valence-electron chi connectivity index (χ4n) is 6.80. The molecule has 2 amide bonds. The summed E-state index contributed by atoms with van der Waals surface area (Å²) in [5.41, 5.74) is 6.48. The molecule has 0 spiro atoms. The van der Waals surface area contributed by atoms with Gasteiger partial charge in [-0.15, -0.1) is 0 Å². The number of benzene rings is 2. The SMILES string of the molecule is C[B]C(C)(C)c1cc(-c2n[nH]c3ccc(NC(=O)[C@]4(OC)CCN(CC(=O)N5CC=C(c6ccc(-c7ncccn7)cc6)CC5)C4)cc23)ccn1. The summed E-state index contributed by atoms with van der Waals surface area (Å²) in [7, 11) is 3.70. The van der Waals surface area contributed by atoms with Gasteiger partial charge in [0.15, 0.2) is 11.4 Å². The highest BCUT2D eigenvalue weighted by atomic mass is 16.5.